The van der Waals surface area contributed by atoms with Crippen molar-refractivity contribution in [3.8, 4) is 0 Å². The first-order valence-corrected chi connectivity index (χ1v) is 7.49. The Hall–Kier alpha value is -0.230. The van der Waals surface area contributed by atoms with Gasteiger partial charge in [0.05, 0.1) is 4.47 Å². The van der Waals surface area contributed by atoms with E-state index in [0.717, 1.165) is 23.1 Å². The van der Waals surface area contributed by atoms with E-state index < -0.39 is 0 Å². The predicted molar refractivity (Wildman–Crippen MR) is 76.7 cm³/mol. The quantitative estimate of drug-likeness (QED) is 0.812. The molecular formula is C12H10Br2FNS. The van der Waals surface area contributed by atoms with Crippen molar-refractivity contribution in [2.75, 3.05) is 0 Å². The van der Waals surface area contributed by atoms with Crippen LogP contribution >= 0.6 is 43.2 Å². The predicted octanol–water partition coefficient (Wildman–Crippen LogP) is 4.70. The molecule has 1 nitrogen and oxygen atoms in total. The lowest BCUT2D eigenvalue weighted by Crippen LogP contribution is -2.11. The van der Waals surface area contributed by atoms with E-state index in [1.54, 1.807) is 23.5 Å². The van der Waals surface area contributed by atoms with Gasteiger partial charge in [0, 0.05) is 27.8 Å². The first kappa shape index (κ1) is 13.2. The lowest BCUT2D eigenvalue weighted by atomic mass is 10.2. The van der Waals surface area contributed by atoms with E-state index in [-0.39, 0.29) is 5.82 Å². The van der Waals surface area contributed by atoms with Crippen LogP contribution in [0.15, 0.2) is 38.6 Å². The molecule has 0 aliphatic carbocycles. The molecule has 0 bridgehead atoms. The summed E-state index contributed by atoms with van der Waals surface area (Å²) in [6, 6.07) is 7.16. The number of benzene rings is 1. The fourth-order valence-electron chi connectivity index (χ4n) is 1.43. The molecule has 0 saturated carbocycles. The maximum atomic E-state index is 13.0. The summed E-state index contributed by atoms with van der Waals surface area (Å²) in [7, 11) is 0. The van der Waals surface area contributed by atoms with Crippen LogP contribution in [0.5, 0.6) is 0 Å². The summed E-state index contributed by atoms with van der Waals surface area (Å²) < 4.78 is 14.6. The smallest absolute Gasteiger partial charge is 0.137 e. The lowest BCUT2D eigenvalue weighted by Gasteiger charge is -2.04. The van der Waals surface area contributed by atoms with Crippen molar-refractivity contribution in [3.63, 3.8) is 0 Å². The van der Waals surface area contributed by atoms with Crippen LogP contribution in [0.4, 0.5) is 4.39 Å². The van der Waals surface area contributed by atoms with E-state index >= 15 is 0 Å². The summed E-state index contributed by atoms with van der Waals surface area (Å²) in [6.45, 7) is 1.56. The molecule has 1 aromatic heterocycles. The third-order valence-corrected chi connectivity index (χ3v) is 4.54. The fourth-order valence-corrected chi connectivity index (χ4v) is 3.27. The molecule has 0 radical (unpaired) electrons. The van der Waals surface area contributed by atoms with Crippen molar-refractivity contribution in [1.82, 2.24) is 5.32 Å². The standard InChI is InChI=1S/C12H10Br2FNS/c13-9-4-10(17-7-9)6-16-5-8-1-2-12(15)11(14)3-8/h1-4,7,16H,5-6H2. The summed E-state index contributed by atoms with van der Waals surface area (Å²) in [6.07, 6.45) is 0. The van der Waals surface area contributed by atoms with Gasteiger partial charge in [0.1, 0.15) is 5.82 Å². The van der Waals surface area contributed by atoms with Crippen LogP contribution in [0.25, 0.3) is 0 Å². The number of nitrogens with one attached hydrogen (secondary N) is 1. The Labute approximate surface area is 120 Å². The van der Waals surface area contributed by atoms with Gasteiger partial charge in [-0.3, -0.25) is 0 Å². The van der Waals surface area contributed by atoms with Crippen molar-refractivity contribution in [3.05, 3.63) is 54.8 Å². The second-order valence-electron chi connectivity index (χ2n) is 3.58. The third kappa shape index (κ3) is 3.88. The van der Waals surface area contributed by atoms with E-state index in [1.807, 2.05) is 0 Å². The first-order chi connectivity index (χ1) is 8.15. The normalized spacial score (nSPS) is 10.8. The Bertz CT molecular complexity index is 513. The molecule has 0 amide bonds. The topological polar surface area (TPSA) is 12.0 Å². The van der Waals surface area contributed by atoms with Crippen LogP contribution < -0.4 is 5.32 Å². The van der Waals surface area contributed by atoms with Crippen molar-refractivity contribution in [1.29, 1.82) is 0 Å². The highest BCUT2D eigenvalue weighted by atomic mass is 79.9. The zero-order chi connectivity index (χ0) is 12.3. The molecule has 17 heavy (non-hydrogen) atoms. The Balaban J connectivity index is 1.87. The zero-order valence-corrected chi connectivity index (χ0v) is 12.8. The average Bonchev–Trinajstić information content (AvgIpc) is 2.70. The maximum absolute atomic E-state index is 13.0. The maximum Gasteiger partial charge on any atom is 0.137 e. The summed E-state index contributed by atoms with van der Waals surface area (Å²) in [5.41, 5.74) is 1.06. The van der Waals surface area contributed by atoms with Gasteiger partial charge in [0.25, 0.3) is 0 Å². The molecule has 0 fully saturated rings. The van der Waals surface area contributed by atoms with E-state index in [2.05, 4.69) is 48.6 Å². The van der Waals surface area contributed by atoms with Crippen LogP contribution in [0, 0.1) is 5.82 Å². The molecule has 0 aliphatic heterocycles. The fraction of sp³-hybridized carbons (Fsp3) is 0.167. The summed E-state index contributed by atoms with van der Waals surface area (Å²) in [4.78, 5) is 1.28. The largest absolute Gasteiger partial charge is 0.308 e. The number of hydrogen-bond acceptors (Lipinski definition) is 2. The van der Waals surface area contributed by atoms with E-state index in [9.17, 15) is 4.39 Å². The molecule has 2 aromatic rings. The first-order valence-electron chi connectivity index (χ1n) is 5.03. The molecule has 1 aromatic carbocycles. The van der Waals surface area contributed by atoms with Gasteiger partial charge in [-0.05, 0) is 55.6 Å². The molecule has 0 spiro atoms. The molecule has 0 aliphatic rings. The number of rotatable bonds is 4. The van der Waals surface area contributed by atoms with Crippen LogP contribution in [0.1, 0.15) is 10.4 Å². The van der Waals surface area contributed by atoms with Crippen molar-refractivity contribution < 1.29 is 4.39 Å². The Morgan fingerprint density at radius 1 is 1.18 bits per heavy atom. The van der Waals surface area contributed by atoms with Crippen LogP contribution in [-0.4, -0.2) is 0 Å². The number of hydrogen-bond donors (Lipinski definition) is 1. The van der Waals surface area contributed by atoms with Gasteiger partial charge in [0.15, 0.2) is 0 Å². The molecule has 1 heterocycles. The number of thiophene rings is 1. The summed E-state index contributed by atoms with van der Waals surface area (Å²) in [5, 5.41) is 5.39. The van der Waals surface area contributed by atoms with E-state index in [1.165, 1.54) is 10.9 Å². The second kappa shape index (κ2) is 6.09. The monoisotopic (exact) mass is 377 g/mol. The van der Waals surface area contributed by atoms with Crippen molar-refractivity contribution in [2.24, 2.45) is 0 Å². The van der Waals surface area contributed by atoms with Gasteiger partial charge in [-0.2, -0.15) is 0 Å². The highest BCUT2D eigenvalue weighted by Crippen LogP contribution is 2.20. The summed E-state index contributed by atoms with van der Waals surface area (Å²) in [5.74, 6) is -0.226. The Morgan fingerprint density at radius 2 is 2.00 bits per heavy atom. The van der Waals surface area contributed by atoms with E-state index in [4.69, 9.17) is 0 Å². The third-order valence-electron chi connectivity index (χ3n) is 2.23. The van der Waals surface area contributed by atoms with Gasteiger partial charge in [-0.15, -0.1) is 11.3 Å². The average molecular weight is 379 g/mol. The van der Waals surface area contributed by atoms with Gasteiger partial charge in [-0.25, -0.2) is 4.39 Å². The van der Waals surface area contributed by atoms with Crippen LogP contribution in [0.3, 0.4) is 0 Å². The molecule has 2 rings (SSSR count). The molecule has 0 unspecified atom stereocenters. The molecule has 90 valence electrons. The summed E-state index contributed by atoms with van der Waals surface area (Å²) >= 11 is 8.31. The zero-order valence-electron chi connectivity index (χ0n) is 8.84. The van der Waals surface area contributed by atoms with E-state index in [0.29, 0.717) is 4.47 Å². The molecule has 0 atom stereocenters. The highest BCUT2D eigenvalue weighted by molar-refractivity contribution is 9.10. The van der Waals surface area contributed by atoms with Crippen LogP contribution in [-0.2, 0) is 13.1 Å². The van der Waals surface area contributed by atoms with Gasteiger partial charge < -0.3 is 5.32 Å². The van der Waals surface area contributed by atoms with Crippen molar-refractivity contribution >= 4 is 43.2 Å². The second-order valence-corrected chi connectivity index (χ2v) is 6.35. The van der Waals surface area contributed by atoms with Crippen LogP contribution in [0.2, 0.25) is 0 Å². The van der Waals surface area contributed by atoms with Gasteiger partial charge in [0.2, 0.25) is 0 Å². The molecular weight excluding hydrogens is 369 g/mol. The number of halogens is 3. The lowest BCUT2D eigenvalue weighted by molar-refractivity contribution is 0.618. The molecule has 1 N–H and O–H groups in total. The SMILES string of the molecule is Fc1ccc(CNCc2cc(Br)cs2)cc1Br. The molecule has 5 heteroatoms. The molecule has 0 saturated heterocycles. The Morgan fingerprint density at radius 3 is 2.65 bits per heavy atom. The minimum absolute atomic E-state index is 0.226. The highest BCUT2D eigenvalue weighted by Gasteiger charge is 2.01. The minimum atomic E-state index is -0.226. The minimum Gasteiger partial charge on any atom is -0.308 e. The van der Waals surface area contributed by atoms with Gasteiger partial charge >= 0.3 is 0 Å². The Kier molecular flexibility index (Phi) is 4.73. The van der Waals surface area contributed by atoms with Crippen molar-refractivity contribution in [2.45, 2.75) is 13.1 Å². The van der Waals surface area contributed by atoms with Gasteiger partial charge in [-0.1, -0.05) is 6.07 Å².